The molecule has 0 bridgehead atoms. The molecule has 5 heteroatoms. The summed E-state index contributed by atoms with van der Waals surface area (Å²) in [7, 11) is 3.31. The van der Waals surface area contributed by atoms with Gasteiger partial charge in [-0.15, -0.1) is 0 Å². The van der Waals surface area contributed by atoms with Gasteiger partial charge in [-0.1, -0.05) is 10.7 Å². The summed E-state index contributed by atoms with van der Waals surface area (Å²) in [5, 5.41) is 4.60. The fourth-order valence-electron chi connectivity index (χ4n) is 2.36. The minimum Gasteiger partial charge on any atom is -0.493 e. The molecule has 1 aliphatic rings. The lowest BCUT2D eigenvalue weighted by Gasteiger charge is -2.08. The van der Waals surface area contributed by atoms with Gasteiger partial charge in [0.15, 0.2) is 11.5 Å². The van der Waals surface area contributed by atoms with Gasteiger partial charge in [-0.3, -0.25) is 0 Å². The largest absolute Gasteiger partial charge is 0.493 e. The second-order valence-electron chi connectivity index (χ2n) is 4.28. The third-order valence-electron chi connectivity index (χ3n) is 3.23. The van der Waals surface area contributed by atoms with Crippen LogP contribution in [0.5, 0.6) is 11.5 Å². The number of nitrogens with zero attached hydrogens (tertiary/aromatic N) is 3. The first-order valence-electron chi connectivity index (χ1n) is 6.03. The van der Waals surface area contributed by atoms with Gasteiger partial charge in [-0.25, -0.2) is 4.57 Å². The van der Waals surface area contributed by atoms with Gasteiger partial charge in [0.05, 0.1) is 20.8 Å². The minimum absolute atomic E-state index is 0.760. The van der Waals surface area contributed by atoms with Crippen molar-refractivity contribution in [1.82, 2.24) is 9.78 Å². The van der Waals surface area contributed by atoms with Crippen molar-refractivity contribution in [3.63, 3.8) is 0 Å². The van der Waals surface area contributed by atoms with Crippen molar-refractivity contribution < 1.29 is 14.0 Å². The third-order valence-corrected chi connectivity index (χ3v) is 3.23. The monoisotopic (exact) mass is 246 g/mol. The minimum atomic E-state index is 0.760. The van der Waals surface area contributed by atoms with Crippen LogP contribution in [0.3, 0.4) is 0 Å². The molecule has 94 valence electrons. The molecule has 0 aliphatic carbocycles. The van der Waals surface area contributed by atoms with E-state index in [-0.39, 0.29) is 0 Å². The van der Waals surface area contributed by atoms with E-state index < -0.39 is 0 Å². The van der Waals surface area contributed by atoms with Crippen molar-refractivity contribution in [2.24, 2.45) is 0 Å². The van der Waals surface area contributed by atoms with Gasteiger partial charge in [0, 0.05) is 11.5 Å². The van der Waals surface area contributed by atoms with Gasteiger partial charge in [-0.2, -0.15) is 0 Å². The number of aryl methyl sites for hydroxylation is 2. The smallest absolute Gasteiger partial charge is 0.278 e. The molecule has 18 heavy (non-hydrogen) atoms. The summed E-state index contributed by atoms with van der Waals surface area (Å²) in [6.07, 6.45) is 4.21. The van der Waals surface area contributed by atoms with Gasteiger partial charge in [0.2, 0.25) is 12.0 Å². The highest BCUT2D eigenvalue weighted by molar-refractivity contribution is 5.56. The second kappa shape index (κ2) is 4.33. The number of hydrogen-bond acceptors (Lipinski definition) is 3. The first-order chi connectivity index (χ1) is 8.83. The molecule has 5 nitrogen and oxygen atoms in total. The van der Waals surface area contributed by atoms with Crippen LogP contribution in [0.1, 0.15) is 12.2 Å². The fraction of sp³-hybridized carbons (Fsp3) is 0.385. The van der Waals surface area contributed by atoms with Crippen LogP contribution in [-0.2, 0) is 13.0 Å². The Hall–Kier alpha value is -2.04. The molecule has 0 radical (unpaired) electrons. The van der Waals surface area contributed by atoms with E-state index in [9.17, 15) is 0 Å². The van der Waals surface area contributed by atoms with E-state index >= 15 is 0 Å². The summed E-state index contributed by atoms with van der Waals surface area (Å²) < 4.78 is 14.8. The predicted molar refractivity (Wildman–Crippen MR) is 65.2 cm³/mol. The maximum atomic E-state index is 5.39. The van der Waals surface area contributed by atoms with Gasteiger partial charge in [-0.05, 0) is 18.6 Å². The maximum absolute atomic E-state index is 5.39. The number of para-hydroxylation sites is 1. The molecule has 1 aromatic heterocycles. The average Bonchev–Trinajstić information content (AvgIpc) is 2.98. The van der Waals surface area contributed by atoms with E-state index in [0.29, 0.717) is 0 Å². The lowest BCUT2D eigenvalue weighted by Crippen LogP contribution is -2.29. The molecule has 0 saturated carbocycles. The van der Waals surface area contributed by atoms with Gasteiger partial charge < -0.3 is 9.47 Å². The molecule has 3 rings (SSSR count). The molecule has 0 atom stereocenters. The Morgan fingerprint density at radius 3 is 2.56 bits per heavy atom. The summed E-state index contributed by atoms with van der Waals surface area (Å²) in [6.45, 7) is 1.03. The molecule has 2 aromatic rings. The highest BCUT2D eigenvalue weighted by Gasteiger charge is 2.26. The molecular weight excluding hydrogens is 230 g/mol. The van der Waals surface area contributed by atoms with Crippen LogP contribution in [-0.4, -0.2) is 24.0 Å². The van der Waals surface area contributed by atoms with E-state index in [2.05, 4.69) is 9.67 Å². The number of rotatable bonds is 3. The molecule has 1 aliphatic heterocycles. The van der Waals surface area contributed by atoms with Crippen LogP contribution >= 0.6 is 0 Å². The molecule has 0 N–H and O–H groups in total. The molecule has 0 fully saturated rings. The molecule has 2 heterocycles. The molecule has 0 spiro atoms. The highest BCUT2D eigenvalue weighted by Crippen LogP contribution is 2.31. The highest BCUT2D eigenvalue weighted by atomic mass is 16.5. The van der Waals surface area contributed by atoms with Crippen molar-refractivity contribution in [1.29, 1.82) is 0 Å². The Bertz CT molecular complexity index is 534. The van der Waals surface area contributed by atoms with Crippen LogP contribution in [0, 0.1) is 0 Å². The van der Waals surface area contributed by atoms with Crippen LogP contribution < -0.4 is 14.0 Å². The Morgan fingerprint density at radius 1 is 1.22 bits per heavy atom. The molecule has 0 saturated heterocycles. The van der Waals surface area contributed by atoms with Crippen LogP contribution in [0.2, 0.25) is 0 Å². The van der Waals surface area contributed by atoms with Crippen LogP contribution in [0.25, 0.3) is 5.69 Å². The maximum Gasteiger partial charge on any atom is 0.278 e. The van der Waals surface area contributed by atoms with Crippen molar-refractivity contribution in [2.75, 3.05) is 14.2 Å². The first-order valence-corrected chi connectivity index (χ1v) is 6.03. The molecule has 0 unspecified atom stereocenters. The molecular formula is C13H16N3O2+. The SMILES string of the molecule is COc1cccc(OC)c1-n1c[n+]2c(n1)CCC2. The lowest BCUT2D eigenvalue weighted by atomic mass is 10.2. The third kappa shape index (κ3) is 1.63. The Morgan fingerprint density at radius 2 is 1.94 bits per heavy atom. The molecule has 0 amide bonds. The Labute approximate surface area is 106 Å². The zero-order chi connectivity index (χ0) is 12.5. The summed E-state index contributed by atoms with van der Waals surface area (Å²) in [4.78, 5) is 0. The quantitative estimate of drug-likeness (QED) is 0.762. The van der Waals surface area contributed by atoms with E-state index in [4.69, 9.17) is 9.47 Å². The van der Waals surface area contributed by atoms with Crippen molar-refractivity contribution in [3.05, 3.63) is 30.4 Å². The van der Waals surface area contributed by atoms with Gasteiger partial charge in [0.25, 0.3) is 5.82 Å². The zero-order valence-electron chi connectivity index (χ0n) is 10.6. The van der Waals surface area contributed by atoms with Gasteiger partial charge >= 0.3 is 0 Å². The van der Waals surface area contributed by atoms with Crippen LogP contribution in [0.15, 0.2) is 24.5 Å². The lowest BCUT2D eigenvalue weighted by molar-refractivity contribution is -0.691. The zero-order valence-corrected chi connectivity index (χ0v) is 10.6. The summed E-state index contributed by atoms with van der Waals surface area (Å²) in [5.74, 6) is 2.63. The fourth-order valence-corrected chi connectivity index (χ4v) is 2.36. The summed E-state index contributed by atoms with van der Waals surface area (Å²) in [5.41, 5.74) is 0.851. The number of ether oxygens (including phenoxy) is 2. The van der Waals surface area contributed by atoms with E-state index in [0.717, 1.165) is 36.0 Å². The van der Waals surface area contributed by atoms with Crippen molar-refractivity contribution in [2.45, 2.75) is 19.4 Å². The standard InChI is InChI=1S/C13H16N3O2/c1-17-10-5-3-6-11(18-2)13(10)16-9-15-8-4-7-12(15)14-16/h3,5-6,9H,4,7-8H2,1-2H3/q+1. The van der Waals surface area contributed by atoms with Crippen molar-refractivity contribution >= 4 is 0 Å². The molecule has 1 aromatic carbocycles. The predicted octanol–water partition coefficient (Wildman–Crippen LogP) is 1.12. The number of hydrogen-bond donors (Lipinski definition) is 0. The topological polar surface area (TPSA) is 40.2 Å². The van der Waals surface area contributed by atoms with Crippen molar-refractivity contribution in [3.8, 4) is 17.2 Å². The Kier molecular flexibility index (Phi) is 2.66. The number of methoxy groups -OCH3 is 2. The van der Waals surface area contributed by atoms with Gasteiger partial charge in [0.1, 0.15) is 0 Å². The van der Waals surface area contributed by atoms with E-state index in [1.807, 2.05) is 29.2 Å². The summed E-state index contributed by atoms with van der Waals surface area (Å²) >= 11 is 0. The second-order valence-corrected chi connectivity index (χ2v) is 4.28. The van der Waals surface area contributed by atoms with Crippen LogP contribution in [0.4, 0.5) is 0 Å². The van der Waals surface area contributed by atoms with E-state index in [1.54, 1.807) is 14.2 Å². The summed E-state index contributed by atoms with van der Waals surface area (Å²) in [6, 6.07) is 5.73. The average molecular weight is 246 g/mol. The first kappa shape index (κ1) is 11.1. The van der Waals surface area contributed by atoms with E-state index in [1.165, 1.54) is 6.42 Å². The number of aromatic nitrogens is 3. The number of benzene rings is 1. The number of fused-ring (bicyclic) bond motifs is 1. The normalized spacial score (nSPS) is 13.4. The Balaban J connectivity index is 2.14.